The maximum Gasteiger partial charge on any atom is 0.0679 e. The van der Waals surface area contributed by atoms with E-state index in [9.17, 15) is 0 Å². The molecule has 1 aliphatic rings. The van der Waals surface area contributed by atoms with Gasteiger partial charge >= 0.3 is 0 Å². The smallest absolute Gasteiger partial charge is 0.0679 e. The molecule has 1 N–H and O–H groups in total. The van der Waals surface area contributed by atoms with Crippen LogP contribution in [0.25, 0.3) is 11.3 Å². The monoisotopic (exact) mass is 257 g/mol. The molecule has 1 aromatic carbocycles. The maximum absolute atomic E-state index is 5.38. The van der Waals surface area contributed by atoms with E-state index in [-0.39, 0.29) is 0 Å². The summed E-state index contributed by atoms with van der Waals surface area (Å²) in [6, 6.07) is 8.68. The second-order valence-electron chi connectivity index (χ2n) is 5.02. The van der Waals surface area contributed by atoms with Crippen molar-refractivity contribution in [3.05, 3.63) is 41.6 Å². The first-order chi connectivity index (χ1) is 9.33. The van der Waals surface area contributed by atoms with Gasteiger partial charge in [-0.3, -0.25) is 10.00 Å². The van der Waals surface area contributed by atoms with Crippen molar-refractivity contribution in [2.24, 2.45) is 0 Å². The van der Waals surface area contributed by atoms with Crippen molar-refractivity contribution in [3.63, 3.8) is 0 Å². The van der Waals surface area contributed by atoms with E-state index in [0.29, 0.717) is 0 Å². The fraction of sp³-hybridized carbons (Fsp3) is 0.400. The summed E-state index contributed by atoms with van der Waals surface area (Å²) >= 11 is 0. The number of nitrogens with zero attached hydrogens (tertiary/aromatic N) is 2. The zero-order valence-corrected chi connectivity index (χ0v) is 11.2. The van der Waals surface area contributed by atoms with Gasteiger partial charge in [0.05, 0.1) is 25.1 Å². The number of nitrogens with one attached hydrogen (secondary N) is 1. The number of aryl methyl sites for hydroxylation is 1. The van der Waals surface area contributed by atoms with E-state index in [1.807, 2.05) is 6.20 Å². The summed E-state index contributed by atoms with van der Waals surface area (Å²) < 4.78 is 5.38. The minimum atomic E-state index is 0.847. The zero-order valence-electron chi connectivity index (χ0n) is 11.2. The fourth-order valence-corrected chi connectivity index (χ4v) is 2.48. The standard InChI is InChI=1S/C15H19N3O/c1-12-10-16-17-15(12)14-4-2-3-13(9-14)11-18-5-7-19-8-6-18/h2-4,9-10H,5-8,11H2,1H3,(H,16,17). The third-order valence-electron chi connectivity index (χ3n) is 3.55. The van der Waals surface area contributed by atoms with Crippen LogP contribution in [0, 0.1) is 6.92 Å². The van der Waals surface area contributed by atoms with E-state index in [4.69, 9.17) is 4.74 Å². The molecule has 3 rings (SSSR count). The summed E-state index contributed by atoms with van der Waals surface area (Å²) in [6.07, 6.45) is 1.87. The lowest BCUT2D eigenvalue weighted by Gasteiger charge is -2.26. The molecule has 0 bridgehead atoms. The number of aromatic nitrogens is 2. The Hall–Kier alpha value is -1.65. The van der Waals surface area contributed by atoms with Crippen LogP contribution in [-0.2, 0) is 11.3 Å². The van der Waals surface area contributed by atoms with Crippen molar-refractivity contribution >= 4 is 0 Å². The summed E-state index contributed by atoms with van der Waals surface area (Å²) in [5.41, 5.74) is 4.85. The van der Waals surface area contributed by atoms with Gasteiger partial charge in [0.15, 0.2) is 0 Å². The minimum absolute atomic E-state index is 0.847. The summed E-state index contributed by atoms with van der Waals surface area (Å²) in [4.78, 5) is 2.43. The van der Waals surface area contributed by atoms with Gasteiger partial charge in [-0.25, -0.2) is 0 Å². The molecule has 4 heteroatoms. The first kappa shape index (κ1) is 12.4. The van der Waals surface area contributed by atoms with E-state index in [1.54, 1.807) is 0 Å². The normalized spacial score (nSPS) is 16.7. The number of rotatable bonds is 3. The highest BCUT2D eigenvalue weighted by Gasteiger charge is 2.11. The van der Waals surface area contributed by atoms with Gasteiger partial charge in [0.25, 0.3) is 0 Å². The lowest BCUT2D eigenvalue weighted by atomic mass is 10.1. The second-order valence-corrected chi connectivity index (χ2v) is 5.02. The average Bonchev–Trinajstić information content (AvgIpc) is 2.86. The molecule has 1 aromatic heterocycles. The predicted molar refractivity (Wildman–Crippen MR) is 74.9 cm³/mol. The van der Waals surface area contributed by atoms with Gasteiger partial charge in [-0.15, -0.1) is 0 Å². The number of hydrogen-bond acceptors (Lipinski definition) is 3. The van der Waals surface area contributed by atoms with E-state index < -0.39 is 0 Å². The molecule has 0 radical (unpaired) electrons. The fourth-order valence-electron chi connectivity index (χ4n) is 2.48. The molecule has 0 spiro atoms. The number of H-pyrrole nitrogens is 1. The third kappa shape index (κ3) is 2.85. The molecule has 100 valence electrons. The van der Waals surface area contributed by atoms with Crippen LogP contribution in [0.4, 0.5) is 0 Å². The van der Waals surface area contributed by atoms with Gasteiger partial charge in [0.2, 0.25) is 0 Å². The molecular weight excluding hydrogens is 238 g/mol. The van der Waals surface area contributed by atoms with Crippen LogP contribution in [0.2, 0.25) is 0 Å². The lowest BCUT2D eigenvalue weighted by Crippen LogP contribution is -2.35. The molecule has 0 amide bonds. The van der Waals surface area contributed by atoms with E-state index in [1.165, 1.54) is 16.7 Å². The highest BCUT2D eigenvalue weighted by molar-refractivity contribution is 5.62. The van der Waals surface area contributed by atoms with Crippen molar-refractivity contribution in [2.75, 3.05) is 26.3 Å². The summed E-state index contributed by atoms with van der Waals surface area (Å²) in [5, 5.41) is 7.16. The number of hydrogen-bond donors (Lipinski definition) is 1. The number of morpholine rings is 1. The Balaban J connectivity index is 1.78. The van der Waals surface area contributed by atoms with Crippen LogP contribution in [0.3, 0.4) is 0 Å². The Labute approximate surface area is 113 Å². The highest BCUT2D eigenvalue weighted by atomic mass is 16.5. The largest absolute Gasteiger partial charge is 0.379 e. The molecule has 0 atom stereocenters. The van der Waals surface area contributed by atoms with Gasteiger partial charge in [0, 0.05) is 25.2 Å². The molecule has 4 nitrogen and oxygen atoms in total. The molecule has 0 saturated carbocycles. The average molecular weight is 257 g/mol. The molecule has 2 heterocycles. The summed E-state index contributed by atoms with van der Waals surface area (Å²) in [6.45, 7) is 6.80. The summed E-state index contributed by atoms with van der Waals surface area (Å²) in [5.74, 6) is 0. The predicted octanol–water partition coefficient (Wildman–Crippen LogP) is 2.22. The molecule has 2 aromatic rings. The first-order valence-corrected chi connectivity index (χ1v) is 6.72. The van der Waals surface area contributed by atoms with Gasteiger partial charge in [-0.1, -0.05) is 18.2 Å². The zero-order chi connectivity index (χ0) is 13.1. The molecular formula is C15H19N3O. The Bertz CT molecular complexity index is 544. The van der Waals surface area contributed by atoms with Crippen molar-refractivity contribution in [3.8, 4) is 11.3 Å². The van der Waals surface area contributed by atoms with E-state index in [2.05, 4.69) is 46.3 Å². The Morgan fingerprint density at radius 2 is 2.16 bits per heavy atom. The Morgan fingerprint density at radius 3 is 2.89 bits per heavy atom. The summed E-state index contributed by atoms with van der Waals surface area (Å²) in [7, 11) is 0. The number of ether oxygens (including phenoxy) is 1. The number of benzene rings is 1. The van der Waals surface area contributed by atoms with Crippen molar-refractivity contribution in [1.29, 1.82) is 0 Å². The van der Waals surface area contributed by atoms with Crippen LogP contribution in [0.5, 0.6) is 0 Å². The van der Waals surface area contributed by atoms with Gasteiger partial charge < -0.3 is 4.74 Å². The van der Waals surface area contributed by atoms with Crippen LogP contribution >= 0.6 is 0 Å². The van der Waals surface area contributed by atoms with Gasteiger partial charge in [-0.2, -0.15) is 5.10 Å². The Morgan fingerprint density at radius 1 is 1.32 bits per heavy atom. The lowest BCUT2D eigenvalue weighted by molar-refractivity contribution is 0.0342. The maximum atomic E-state index is 5.38. The molecule has 1 saturated heterocycles. The Kier molecular flexibility index (Phi) is 3.62. The van der Waals surface area contributed by atoms with Crippen molar-refractivity contribution in [2.45, 2.75) is 13.5 Å². The van der Waals surface area contributed by atoms with Crippen LogP contribution in [0.15, 0.2) is 30.5 Å². The topological polar surface area (TPSA) is 41.2 Å². The van der Waals surface area contributed by atoms with E-state index in [0.717, 1.165) is 38.5 Å². The van der Waals surface area contributed by atoms with Gasteiger partial charge in [0.1, 0.15) is 0 Å². The van der Waals surface area contributed by atoms with E-state index >= 15 is 0 Å². The van der Waals surface area contributed by atoms with Crippen LogP contribution < -0.4 is 0 Å². The highest BCUT2D eigenvalue weighted by Crippen LogP contribution is 2.22. The molecule has 0 aliphatic carbocycles. The van der Waals surface area contributed by atoms with Crippen molar-refractivity contribution in [1.82, 2.24) is 15.1 Å². The second kappa shape index (κ2) is 5.55. The van der Waals surface area contributed by atoms with Crippen molar-refractivity contribution < 1.29 is 4.74 Å². The SMILES string of the molecule is Cc1cn[nH]c1-c1cccc(CN2CCOCC2)c1. The third-order valence-corrected chi connectivity index (χ3v) is 3.55. The number of aromatic amines is 1. The van der Waals surface area contributed by atoms with Gasteiger partial charge in [-0.05, 0) is 24.1 Å². The van der Waals surface area contributed by atoms with Crippen LogP contribution in [-0.4, -0.2) is 41.4 Å². The minimum Gasteiger partial charge on any atom is -0.379 e. The molecule has 19 heavy (non-hydrogen) atoms. The van der Waals surface area contributed by atoms with Crippen LogP contribution in [0.1, 0.15) is 11.1 Å². The molecule has 1 fully saturated rings. The quantitative estimate of drug-likeness (QED) is 0.916. The molecule has 1 aliphatic heterocycles. The molecule has 0 unspecified atom stereocenters. The first-order valence-electron chi connectivity index (χ1n) is 6.72.